The Labute approximate surface area is 271 Å². The molecule has 252 valence electrons. The lowest BCUT2D eigenvalue weighted by Crippen LogP contribution is -2.17. The summed E-state index contributed by atoms with van der Waals surface area (Å²) in [5, 5.41) is 19.2. The monoisotopic (exact) mass is 616 g/mol. The maximum absolute atomic E-state index is 9.64. The highest BCUT2D eigenvalue weighted by Crippen LogP contribution is 2.26. The molecule has 6 atom stereocenters. The zero-order valence-corrected chi connectivity index (χ0v) is 28.5. The van der Waals surface area contributed by atoms with Gasteiger partial charge >= 0.3 is 0 Å². The van der Waals surface area contributed by atoms with Crippen molar-refractivity contribution >= 4 is 0 Å². The first-order valence-corrected chi connectivity index (χ1v) is 15.9. The first kappa shape index (κ1) is 43.6. The SMILES string of the molecule is C=C=C=C=C=CC(C)CC(CO)CC(C=C=C=C=C=C)CC.CCC(CCOCOC)CC(CO)CC(C)CCOCOC.[HH].[HH]. The van der Waals surface area contributed by atoms with E-state index in [4.69, 9.17) is 18.9 Å². The Hall–Kier alpha value is -2.52. The number of ether oxygens (including phenoxy) is 4. The van der Waals surface area contributed by atoms with E-state index in [1.54, 1.807) is 14.2 Å². The Kier molecular flexibility index (Phi) is 33.1. The molecular formula is C38H64O6. The molecule has 2 N–H and O–H groups in total. The number of allylic oxidation sites excluding steroid dienone is 2. The molecule has 0 fully saturated rings. The van der Waals surface area contributed by atoms with E-state index in [1.807, 2.05) is 12.2 Å². The van der Waals surface area contributed by atoms with Crippen LogP contribution in [0.3, 0.4) is 0 Å². The van der Waals surface area contributed by atoms with Gasteiger partial charge in [-0.3, -0.25) is 0 Å². The van der Waals surface area contributed by atoms with Crippen molar-refractivity contribution in [3.05, 3.63) is 71.2 Å². The predicted octanol–water partition coefficient (Wildman–Crippen LogP) is 8.20. The van der Waals surface area contributed by atoms with Gasteiger partial charge in [-0.2, -0.15) is 0 Å². The standard InChI is InChI=1S/C21H24O.C17H36O5.2H2/c1-5-8-10-12-14-19(4)16-21(18-22)17-20(7-3)15-13-11-9-6-2;1-5-16(7-9-22-14-20-4)11-17(12-18)10-15(2)6-8-21-13-19-3;;/h14-15,19-22H,1-2,7,16-18H2,3-4H3;15-18H,5-14H2,1-4H3;2*1H. The van der Waals surface area contributed by atoms with E-state index in [-0.39, 0.29) is 22.0 Å². The van der Waals surface area contributed by atoms with Crippen LogP contribution in [-0.2, 0) is 18.9 Å². The number of aliphatic hydroxyl groups excluding tert-OH is 2. The van der Waals surface area contributed by atoms with Gasteiger partial charge in [-0.15, -0.1) is 0 Å². The summed E-state index contributed by atoms with van der Waals surface area (Å²) in [5.74, 6) is 2.45. The zero-order valence-electron chi connectivity index (χ0n) is 28.5. The molecule has 0 aromatic carbocycles. The highest BCUT2D eigenvalue weighted by atomic mass is 16.7. The summed E-state index contributed by atoms with van der Waals surface area (Å²) in [7, 11) is 3.27. The third-order valence-electron chi connectivity index (χ3n) is 7.32. The van der Waals surface area contributed by atoms with Crippen LogP contribution in [0.5, 0.6) is 0 Å². The molecular weight excluding hydrogens is 552 g/mol. The van der Waals surface area contributed by atoms with Gasteiger partial charge in [0, 0.05) is 43.5 Å². The van der Waals surface area contributed by atoms with Crippen LogP contribution in [0.4, 0.5) is 0 Å². The number of aliphatic hydroxyl groups is 2. The number of methoxy groups -OCH3 is 2. The second-order valence-corrected chi connectivity index (χ2v) is 11.2. The quantitative estimate of drug-likeness (QED) is 0.0647. The van der Waals surface area contributed by atoms with Gasteiger partial charge in [0.25, 0.3) is 0 Å². The van der Waals surface area contributed by atoms with Crippen molar-refractivity contribution in [2.75, 3.05) is 54.2 Å². The van der Waals surface area contributed by atoms with Gasteiger partial charge in [-0.1, -0.05) is 57.0 Å². The van der Waals surface area contributed by atoms with Crippen molar-refractivity contribution in [3.8, 4) is 0 Å². The lowest BCUT2D eigenvalue weighted by atomic mass is 9.85. The topological polar surface area (TPSA) is 77.4 Å². The molecule has 0 saturated heterocycles. The molecule has 0 radical (unpaired) electrons. The maximum atomic E-state index is 9.64. The molecule has 0 aromatic rings. The van der Waals surface area contributed by atoms with E-state index < -0.39 is 0 Å². The van der Waals surface area contributed by atoms with Crippen LogP contribution in [-0.4, -0.2) is 64.4 Å². The van der Waals surface area contributed by atoms with Crippen molar-refractivity contribution in [2.45, 2.75) is 79.1 Å². The zero-order chi connectivity index (χ0) is 33.3. The van der Waals surface area contributed by atoms with Crippen molar-refractivity contribution in [3.63, 3.8) is 0 Å². The molecule has 0 aromatic heterocycles. The summed E-state index contributed by atoms with van der Waals surface area (Å²) < 4.78 is 20.5. The Morgan fingerprint density at radius 3 is 1.73 bits per heavy atom. The summed E-state index contributed by atoms with van der Waals surface area (Å²) in [6, 6.07) is 0. The summed E-state index contributed by atoms with van der Waals surface area (Å²) in [5.41, 5.74) is 21.5. The second-order valence-electron chi connectivity index (χ2n) is 11.2. The lowest BCUT2D eigenvalue weighted by Gasteiger charge is -2.24. The van der Waals surface area contributed by atoms with E-state index >= 15 is 0 Å². The van der Waals surface area contributed by atoms with Crippen molar-refractivity contribution in [1.29, 1.82) is 0 Å². The first-order valence-electron chi connectivity index (χ1n) is 15.9. The number of hydrogen-bond donors (Lipinski definition) is 2. The minimum Gasteiger partial charge on any atom is -0.396 e. The van der Waals surface area contributed by atoms with Gasteiger partial charge in [0.2, 0.25) is 0 Å². The molecule has 0 bridgehead atoms. The highest BCUT2D eigenvalue weighted by molar-refractivity contribution is 4.92. The van der Waals surface area contributed by atoms with Crippen molar-refractivity contribution in [1.82, 2.24) is 0 Å². The molecule has 0 heterocycles. The minimum atomic E-state index is 0. The van der Waals surface area contributed by atoms with E-state index in [2.05, 4.69) is 86.7 Å². The van der Waals surface area contributed by atoms with Crippen molar-refractivity contribution in [2.24, 2.45) is 35.5 Å². The Morgan fingerprint density at radius 2 is 1.23 bits per heavy atom. The van der Waals surface area contributed by atoms with Crippen LogP contribution < -0.4 is 0 Å². The fraction of sp³-hybridized carbons (Fsp3) is 0.684. The van der Waals surface area contributed by atoms with Crippen LogP contribution in [0.1, 0.15) is 81.9 Å². The molecule has 44 heavy (non-hydrogen) atoms. The number of hydrogen-bond acceptors (Lipinski definition) is 6. The Morgan fingerprint density at radius 1 is 0.682 bits per heavy atom. The Bertz CT molecular complexity index is 1010. The van der Waals surface area contributed by atoms with Crippen LogP contribution in [0.15, 0.2) is 71.2 Å². The second kappa shape index (κ2) is 33.4. The molecule has 6 nitrogen and oxygen atoms in total. The molecule has 0 amide bonds. The molecule has 0 saturated carbocycles. The average Bonchev–Trinajstić information content (AvgIpc) is 3.03. The predicted molar refractivity (Wildman–Crippen MR) is 183 cm³/mol. The molecule has 6 heteroatoms. The maximum Gasteiger partial charge on any atom is 0.146 e. The molecule has 0 rings (SSSR count). The molecule has 6 unspecified atom stereocenters. The fourth-order valence-corrected chi connectivity index (χ4v) is 4.84. The third kappa shape index (κ3) is 28.3. The van der Waals surface area contributed by atoms with Crippen LogP contribution in [0.25, 0.3) is 0 Å². The average molecular weight is 617 g/mol. The lowest BCUT2D eigenvalue weighted by molar-refractivity contribution is -0.0364. The van der Waals surface area contributed by atoms with E-state index in [9.17, 15) is 10.2 Å². The van der Waals surface area contributed by atoms with Crippen molar-refractivity contribution < 1.29 is 32.0 Å². The summed E-state index contributed by atoms with van der Waals surface area (Å²) in [4.78, 5) is 0. The summed E-state index contributed by atoms with van der Waals surface area (Å²) in [6.07, 6.45) is 12.0. The smallest absolute Gasteiger partial charge is 0.146 e. The summed E-state index contributed by atoms with van der Waals surface area (Å²) >= 11 is 0. The van der Waals surface area contributed by atoms with E-state index in [0.717, 1.165) is 64.6 Å². The summed E-state index contributed by atoms with van der Waals surface area (Å²) in [6.45, 7) is 18.1. The van der Waals surface area contributed by atoms with Gasteiger partial charge in [0.15, 0.2) is 0 Å². The minimum absolute atomic E-state index is 0. The van der Waals surface area contributed by atoms with Crippen LogP contribution in [0.2, 0.25) is 0 Å². The molecule has 0 spiro atoms. The largest absolute Gasteiger partial charge is 0.396 e. The van der Waals surface area contributed by atoms with Gasteiger partial charge in [-0.25, -0.2) is 0 Å². The molecule has 0 aliphatic heterocycles. The fourth-order valence-electron chi connectivity index (χ4n) is 4.84. The third-order valence-corrected chi connectivity index (χ3v) is 7.32. The van der Waals surface area contributed by atoms with E-state index in [0.29, 0.717) is 43.2 Å². The normalized spacial score (nSPS) is 14.0. The van der Waals surface area contributed by atoms with Crippen LogP contribution >= 0.6 is 0 Å². The molecule has 0 aliphatic carbocycles. The molecule has 0 aliphatic rings. The highest BCUT2D eigenvalue weighted by Gasteiger charge is 2.18. The Balaban J connectivity index is -0.000000367. The number of rotatable bonds is 24. The van der Waals surface area contributed by atoms with Crippen LogP contribution in [0, 0.1) is 35.5 Å². The van der Waals surface area contributed by atoms with Gasteiger partial charge in [0.05, 0.1) is 0 Å². The van der Waals surface area contributed by atoms with E-state index in [1.165, 1.54) is 0 Å². The van der Waals surface area contributed by atoms with Gasteiger partial charge < -0.3 is 29.2 Å². The first-order chi connectivity index (χ1) is 21.3. The van der Waals surface area contributed by atoms with Gasteiger partial charge in [0.1, 0.15) is 13.6 Å². The van der Waals surface area contributed by atoms with Gasteiger partial charge in [-0.05, 0) is 129 Å².